The fourth-order valence-corrected chi connectivity index (χ4v) is 2.67. The van der Waals surface area contributed by atoms with Crippen molar-refractivity contribution in [2.45, 2.75) is 40.2 Å². The topological polar surface area (TPSA) is 64.4 Å². The van der Waals surface area contributed by atoms with Crippen LogP contribution in [0.25, 0.3) is 0 Å². The molecular weight excluding hydrogens is 340 g/mol. The summed E-state index contributed by atoms with van der Waals surface area (Å²) in [6.45, 7) is 8.27. The monoisotopic (exact) mass is 364 g/mol. The predicted molar refractivity (Wildman–Crippen MR) is 105 cm³/mol. The minimum Gasteiger partial charge on any atom is -0.489 e. The van der Waals surface area contributed by atoms with Crippen LogP contribution in [0.1, 0.15) is 52.7 Å². The highest BCUT2D eigenvalue weighted by Crippen LogP contribution is 2.21. The molecule has 2 aromatic carbocycles. The lowest BCUT2D eigenvalue weighted by atomic mass is 10.0. The maximum absolute atomic E-state index is 12.6. The summed E-state index contributed by atoms with van der Waals surface area (Å²) >= 11 is 0. The number of carbonyl (C=O) groups excluding carboxylic acids is 1. The number of carbonyl (C=O) groups is 1. The summed E-state index contributed by atoms with van der Waals surface area (Å²) in [5, 5.41) is 6.78. The number of hydrogen-bond acceptors (Lipinski definition) is 4. The van der Waals surface area contributed by atoms with Gasteiger partial charge in [-0.1, -0.05) is 48.8 Å². The maximum atomic E-state index is 12.6. The molecule has 0 unspecified atom stereocenters. The minimum absolute atomic E-state index is 0.216. The molecule has 3 rings (SSSR count). The average Bonchev–Trinajstić information content (AvgIpc) is 3.02. The molecule has 0 fully saturated rings. The smallest absolute Gasteiger partial charge is 0.278 e. The number of amides is 1. The number of anilines is 1. The van der Waals surface area contributed by atoms with Crippen LogP contribution < -0.4 is 10.1 Å². The maximum Gasteiger partial charge on any atom is 0.278 e. The highest BCUT2D eigenvalue weighted by molar-refractivity contribution is 6.03. The van der Waals surface area contributed by atoms with Crippen molar-refractivity contribution in [1.29, 1.82) is 0 Å². The van der Waals surface area contributed by atoms with Crippen LogP contribution in [0.3, 0.4) is 0 Å². The van der Waals surface area contributed by atoms with Crippen LogP contribution in [-0.2, 0) is 6.61 Å². The van der Waals surface area contributed by atoms with Gasteiger partial charge in [-0.15, -0.1) is 0 Å². The molecule has 140 valence electrons. The van der Waals surface area contributed by atoms with Crippen LogP contribution in [0.4, 0.5) is 5.69 Å². The van der Waals surface area contributed by atoms with Gasteiger partial charge < -0.3 is 14.6 Å². The fraction of sp³-hybridized carbons (Fsp3) is 0.273. The molecule has 1 N–H and O–H groups in total. The minimum atomic E-state index is -0.313. The van der Waals surface area contributed by atoms with E-state index < -0.39 is 0 Å². The lowest BCUT2D eigenvalue weighted by Crippen LogP contribution is -2.15. The Balaban J connectivity index is 1.70. The molecule has 1 aromatic heterocycles. The lowest BCUT2D eigenvalue weighted by Gasteiger charge is -2.09. The molecule has 0 atom stereocenters. The summed E-state index contributed by atoms with van der Waals surface area (Å²) in [5.41, 5.74) is 3.99. The third-order valence-electron chi connectivity index (χ3n) is 4.44. The summed E-state index contributed by atoms with van der Waals surface area (Å²) in [4.78, 5) is 12.6. The zero-order chi connectivity index (χ0) is 19.4. The Morgan fingerprint density at radius 1 is 1.07 bits per heavy atom. The lowest BCUT2D eigenvalue weighted by molar-refractivity contribution is 0.101. The zero-order valence-electron chi connectivity index (χ0n) is 16.1. The second-order valence-corrected chi connectivity index (χ2v) is 6.90. The van der Waals surface area contributed by atoms with Gasteiger partial charge in [-0.25, -0.2) is 0 Å². The molecule has 0 aliphatic rings. The number of benzene rings is 2. The zero-order valence-corrected chi connectivity index (χ0v) is 16.1. The molecule has 0 aliphatic carbocycles. The number of ether oxygens (including phenoxy) is 1. The van der Waals surface area contributed by atoms with Gasteiger partial charge in [0.15, 0.2) is 5.69 Å². The summed E-state index contributed by atoms with van der Waals surface area (Å²) in [5.74, 6) is 1.43. The van der Waals surface area contributed by atoms with Gasteiger partial charge in [-0.05, 0) is 49.6 Å². The van der Waals surface area contributed by atoms with E-state index in [9.17, 15) is 4.79 Å². The van der Waals surface area contributed by atoms with Crippen LogP contribution in [0.15, 0.2) is 53.1 Å². The molecule has 5 heteroatoms. The second-order valence-electron chi connectivity index (χ2n) is 6.90. The van der Waals surface area contributed by atoms with Gasteiger partial charge in [0.25, 0.3) is 5.91 Å². The number of hydrogen-bond donors (Lipinski definition) is 1. The fourth-order valence-electron chi connectivity index (χ4n) is 2.67. The van der Waals surface area contributed by atoms with Gasteiger partial charge in [0, 0.05) is 5.69 Å². The van der Waals surface area contributed by atoms with Gasteiger partial charge in [-0.3, -0.25) is 4.79 Å². The van der Waals surface area contributed by atoms with E-state index in [2.05, 4.69) is 24.3 Å². The van der Waals surface area contributed by atoms with Crippen molar-refractivity contribution in [3.05, 3.63) is 76.7 Å². The molecule has 0 saturated heterocycles. The molecule has 0 bridgehead atoms. The summed E-state index contributed by atoms with van der Waals surface area (Å²) in [6, 6.07) is 15.5. The van der Waals surface area contributed by atoms with Gasteiger partial charge in [0.2, 0.25) is 0 Å². The molecule has 0 spiro atoms. The SMILES string of the molecule is Cc1ccc(OCc2c(C(=O)Nc3ccc(C(C)C)cc3)noc2C)cc1. The molecular formula is C22H24N2O3. The van der Waals surface area contributed by atoms with Gasteiger partial charge >= 0.3 is 0 Å². The Morgan fingerprint density at radius 3 is 2.37 bits per heavy atom. The largest absolute Gasteiger partial charge is 0.489 e. The highest BCUT2D eigenvalue weighted by Gasteiger charge is 2.20. The van der Waals surface area contributed by atoms with E-state index in [-0.39, 0.29) is 18.2 Å². The van der Waals surface area contributed by atoms with E-state index in [1.54, 1.807) is 6.92 Å². The van der Waals surface area contributed by atoms with Crippen LogP contribution in [-0.4, -0.2) is 11.1 Å². The molecule has 1 heterocycles. The second kappa shape index (κ2) is 8.08. The third-order valence-corrected chi connectivity index (χ3v) is 4.44. The van der Waals surface area contributed by atoms with Gasteiger partial charge in [0.05, 0.1) is 5.56 Å². The Hall–Kier alpha value is -3.08. The molecule has 5 nitrogen and oxygen atoms in total. The first-order valence-corrected chi connectivity index (χ1v) is 9.00. The molecule has 0 aliphatic heterocycles. The Bertz CT molecular complexity index is 910. The Kier molecular flexibility index (Phi) is 5.60. The van der Waals surface area contributed by atoms with Crippen molar-refractivity contribution in [2.24, 2.45) is 0 Å². The quantitative estimate of drug-likeness (QED) is 0.649. The molecule has 27 heavy (non-hydrogen) atoms. The molecule has 0 radical (unpaired) electrons. The molecule has 0 saturated carbocycles. The Labute approximate surface area is 159 Å². The van der Waals surface area contributed by atoms with Gasteiger partial charge in [0.1, 0.15) is 18.1 Å². The van der Waals surface area contributed by atoms with Crippen molar-refractivity contribution in [3.8, 4) is 5.75 Å². The highest BCUT2D eigenvalue weighted by atomic mass is 16.5. The molecule has 1 amide bonds. The van der Waals surface area contributed by atoms with E-state index in [4.69, 9.17) is 9.26 Å². The van der Waals surface area contributed by atoms with Crippen LogP contribution in [0.5, 0.6) is 5.75 Å². The number of nitrogens with one attached hydrogen (secondary N) is 1. The van der Waals surface area contributed by atoms with E-state index >= 15 is 0 Å². The summed E-state index contributed by atoms with van der Waals surface area (Å²) < 4.78 is 11.0. The Morgan fingerprint density at radius 2 is 1.74 bits per heavy atom. The van der Waals surface area contributed by atoms with Crippen molar-refractivity contribution in [1.82, 2.24) is 5.16 Å². The number of rotatable bonds is 6. The van der Waals surface area contributed by atoms with Crippen LogP contribution in [0, 0.1) is 13.8 Å². The van der Waals surface area contributed by atoms with E-state index in [0.717, 1.165) is 17.0 Å². The van der Waals surface area contributed by atoms with E-state index in [1.807, 2.05) is 55.5 Å². The number of aryl methyl sites for hydroxylation is 2. The van der Waals surface area contributed by atoms with Gasteiger partial charge in [-0.2, -0.15) is 0 Å². The number of nitrogens with zero attached hydrogens (tertiary/aromatic N) is 1. The first-order chi connectivity index (χ1) is 12.9. The first kappa shape index (κ1) is 18.7. The van der Waals surface area contributed by atoms with E-state index in [0.29, 0.717) is 17.2 Å². The molecule has 3 aromatic rings. The predicted octanol–water partition coefficient (Wildman–Crippen LogP) is 5.25. The third kappa shape index (κ3) is 4.56. The van der Waals surface area contributed by atoms with Crippen LogP contribution >= 0.6 is 0 Å². The first-order valence-electron chi connectivity index (χ1n) is 9.00. The number of aromatic nitrogens is 1. The standard InChI is InChI=1S/C22H24N2O3/c1-14(2)17-7-9-18(10-8-17)23-22(25)21-20(16(4)27-24-21)13-26-19-11-5-15(3)6-12-19/h5-12,14H,13H2,1-4H3,(H,23,25). The van der Waals surface area contributed by atoms with Crippen molar-refractivity contribution in [3.63, 3.8) is 0 Å². The average molecular weight is 364 g/mol. The van der Waals surface area contributed by atoms with Crippen molar-refractivity contribution in [2.75, 3.05) is 5.32 Å². The van der Waals surface area contributed by atoms with Crippen molar-refractivity contribution >= 4 is 11.6 Å². The van der Waals surface area contributed by atoms with Crippen molar-refractivity contribution < 1.29 is 14.1 Å². The summed E-state index contributed by atoms with van der Waals surface area (Å²) in [7, 11) is 0. The normalized spacial score (nSPS) is 10.9. The summed E-state index contributed by atoms with van der Waals surface area (Å²) in [6.07, 6.45) is 0. The van der Waals surface area contributed by atoms with Crippen LogP contribution in [0.2, 0.25) is 0 Å². The van der Waals surface area contributed by atoms with E-state index in [1.165, 1.54) is 5.56 Å².